The van der Waals surface area contributed by atoms with Crippen LogP contribution in [0.2, 0.25) is 0 Å². The summed E-state index contributed by atoms with van der Waals surface area (Å²) in [6.07, 6.45) is 3.41. The highest BCUT2D eigenvalue weighted by atomic mass is 32.1. The number of nitrogens with zero attached hydrogens (tertiary/aromatic N) is 3. The molecule has 126 valence electrons. The van der Waals surface area contributed by atoms with E-state index in [9.17, 15) is 9.59 Å². The number of carbonyl (C=O) groups excluding carboxylic acids is 1. The van der Waals surface area contributed by atoms with Crippen LogP contribution in [0.1, 0.15) is 24.8 Å². The molecule has 3 aromatic rings. The molecule has 0 bridgehead atoms. The van der Waals surface area contributed by atoms with Crippen LogP contribution < -0.4 is 5.56 Å². The Morgan fingerprint density at radius 2 is 2.29 bits per heavy atom. The van der Waals surface area contributed by atoms with Crippen molar-refractivity contribution >= 4 is 38.4 Å². The molecule has 0 spiro atoms. The predicted octanol–water partition coefficient (Wildman–Crippen LogP) is 3.03. The van der Waals surface area contributed by atoms with Gasteiger partial charge in [0.2, 0.25) is 0 Å². The molecule has 24 heavy (non-hydrogen) atoms. The van der Waals surface area contributed by atoms with E-state index in [2.05, 4.69) is 17.7 Å². The Bertz CT molecular complexity index is 996. The maximum atomic E-state index is 13.0. The molecule has 0 N–H and O–H groups in total. The van der Waals surface area contributed by atoms with Gasteiger partial charge in [-0.25, -0.2) is 9.48 Å². The van der Waals surface area contributed by atoms with Crippen molar-refractivity contribution < 1.29 is 9.53 Å². The monoisotopic (exact) mass is 345 g/mol. The van der Waals surface area contributed by atoms with Gasteiger partial charge in [0, 0.05) is 16.8 Å². The van der Waals surface area contributed by atoms with Crippen LogP contribution in [0.5, 0.6) is 0 Å². The minimum atomic E-state index is -0.770. The molecule has 3 heterocycles. The maximum absolute atomic E-state index is 13.0. The molecule has 0 unspecified atom stereocenters. The van der Waals surface area contributed by atoms with Crippen LogP contribution >= 0.6 is 11.3 Å². The van der Waals surface area contributed by atoms with Crippen LogP contribution in [0, 0.1) is 6.92 Å². The lowest BCUT2D eigenvalue weighted by molar-refractivity contribution is -0.147. The maximum Gasteiger partial charge on any atom is 0.330 e. The first-order valence-corrected chi connectivity index (χ1v) is 8.58. The second-order valence-electron chi connectivity index (χ2n) is 5.56. The van der Waals surface area contributed by atoms with Crippen molar-refractivity contribution in [3.05, 3.63) is 40.1 Å². The molecule has 0 aliphatic rings. The van der Waals surface area contributed by atoms with Crippen molar-refractivity contribution in [1.82, 2.24) is 14.3 Å². The van der Waals surface area contributed by atoms with E-state index >= 15 is 0 Å². The summed E-state index contributed by atoms with van der Waals surface area (Å²) >= 11 is 1.63. The van der Waals surface area contributed by atoms with Gasteiger partial charge in [-0.3, -0.25) is 4.79 Å². The van der Waals surface area contributed by atoms with Gasteiger partial charge in [0.25, 0.3) is 5.56 Å². The number of rotatable bonds is 5. The molecule has 0 aliphatic carbocycles. The second-order valence-corrected chi connectivity index (χ2v) is 6.81. The first kappa shape index (κ1) is 16.4. The van der Waals surface area contributed by atoms with Crippen molar-refractivity contribution in [1.29, 1.82) is 0 Å². The fraction of sp³-hybridized carbons (Fsp3) is 0.353. The van der Waals surface area contributed by atoms with Crippen LogP contribution in [0.4, 0.5) is 0 Å². The van der Waals surface area contributed by atoms with E-state index in [0.717, 1.165) is 15.6 Å². The molecular weight excluding hydrogens is 326 g/mol. The molecule has 0 saturated carbocycles. The Morgan fingerprint density at radius 3 is 2.96 bits per heavy atom. The molecule has 0 saturated heterocycles. The van der Waals surface area contributed by atoms with Gasteiger partial charge in [0.1, 0.15) is 5.52 Å². The minimum Gasteiger partial charge on any atom is -0.464 e. The zero-order chi connectivity index (χ0) is 17.4. The first-order valence-electron chi connectivity index (χ1n) is 7.77. The van der Waals surface area contributed by atoms with Gasteiger partial charge in [-0.2, -0.15) is 5.10 Å². The number of aromatic nitrogens is 3. The van der Waals surface area contributed by atoms with E-state index in [4.69, 9.17) is 4.74 Å². The highest BCUT2D eigenvalue weighted by molar-refractivity contribution is 7.20. The molecule has 3 rings (SSSR count). The summed E-state index contributed by atoms with van der Waals surface area (Å²) in [7, 11) is 0. The second kappa shape index (κ2) is 6.24. The average Bonchev–Trinajstić information content (AvgIpc) is 3.05. The van der Waals surface area contributed by atoms with E-state index in [1.54, 1.807) is 37.5 Å². The number of hydrogen-bond acceptors (Lipinski definition) is 5. The van der Waals surface area contributed by atoms with Crippen molar-refractivity contribution in [3.8, 4) is 0 Å². The molecule has 0 aromatic carbocycles. The number of fused-ring (bicyclic) bond motifs is 3. The Balaban J connectivity index is 2.28. The fourth-order valence-electron chi connectivity index (χ4n) is 2.86. The lowest BCUT2D eigenvalue weighted by Gasteiger charge is -2.13. The van der Waals surface area contributed by atoms with Gasteiger partial charge in [-0.1, -0.05) is 6.08 Å². The quantitative estimate of drug-likeness (QED) is 0.527. The van der Waals surface area contributed by atoms with E-state index < -0.39 is 12.0 Å². The van der Waals surface area contributed by atoms with Crippen molar-refractivity contribution in [2.75, 3.05) is 6.61 Å². The zero-order valence-corrected chi connectivity index (χ0v) is 14.7. The molecule has 0 fully saturated rings. The Hall–Kier alpha value is -2.41. The predicted molar refractivity (Wildman–Crippen MR) is 95.7 cm³/mol. The standard InChI is InChI=1S/C17H19N3O3S/c1-5-7-19-13-8-10(3)24-15(13)12-9-18-20(16(21)14(12)19)11(4)17(22)23-6-2/h5,8-9,11H,1,6-7H2,2-4H3/t11-/m1/s1. The lowest BCUT2D eigenvalue weighted by atomic mass is 10.3. The zero-order valence-electron chi connectivity index (χ0n) is 13.9. The summed E-state index contributed by atoms with van der Waals surface area (Å²) in [6.45, 7) is 9.95. The normalized spacial score (nSPS) is 12.6. The number of thiophene rings is 1. The van der Waals surface area contributed by atoms with E-state index in [1.807, 2.05) is 11.5 Å². The number of allylic oxidation sites excluding steroid dienone is 1. The van der Waals surface area contributed by atoms with Crippen LogP contribution in [0.3, 0.4) is 0 Å². The van der Waals surface area contributed by atoms with Crippen LogP contribution in [-0.2, 0) is 16.1 Å². The third-order valence-electron chi connectivity index (χ3n) is 3.92. The molecule has 1 atom stereocenters. The van der Waals surface area contributed by atoms with E-state index in [-0.39, 0.29) is 12.2 Å². The Labute approximate surface area is 143 Å². The molecule has 6 nitrogen and oxygen atoms in total. The van der Waals surface area contributed by atoms with Crippen molar-refractivity contribution in [3.63, 3.8) is 0 Å². The number of carbonyl (C=O) groups is 1. The number of ether oxygens (including phenoxy) is 1. The fourth-order valence-corrected chi connectivity index (χ4v) is 3.88. The van der Waals surface area contributed by atoms with Gasteiger partial charge < -0.3 is 9.30 Å². The van der Waals surface area contributed by atoms with Gasteiger partial charge in [-0.05, 0) is 26.8 Å². The molecule has 7 heteroatoms. The summed E-state index contributed by atoms with van der Waals surface area (Å²) in [4.78, 5) is 26.1. The first-order chi connectivity index (χ1) is 11.5. The smallest absolute Gasteiger partial charge is 0.330 e. The summed E-state index contributed by atoms with van der Waals surface area (Å²) in [6, 6.07) is 1.29. The average molecular weight is 345 g/mol. The van der Waals surface area contributed by atoms with E-state index in [1.165, 1.54) is 9.56 Å². The molecule has 0 amide bonds. The SMILES string of the molecule is C=CCn1c2cc(C)sc2c2cnn([C@H](C)C(=O)OCC)c(=O)c21. The molecule has 0 radical (unpaired) electrons. The number of hydrogen-bond donors (Lipinski definition) is 0. The van der Waals surface area contributed by atoms with Gasteiger partial charge in [-0.15, -0.1) is 17.9 Å². The Kier molecular flexibility index (Phi) is 4.28. The van der Waals surface area contributed by atoms with Gasteiger partial charge >= 0.3 is 5.97 Å². The minimum absolute atomic E-state index is 0.266. The molecular formula is C17H19N3O3S. The summed E-state index contributed by atoms with van der Waals surface area (Å²) in [5.74, 6) is -0.467. The van der Waals surface area contributed by atoms with Gasteiger partial charge in [0.15, 0.2) is 6.04 Å². The highest BCUT2D eigenvalue weighted by Crippen LogP contribution is 2.33. The number of aryl methyl sites for hydroxylation is 1. The van der Waals surface area contributed by atoms with Crippen LogP contribution in [-0.4, -0.2) is 26.9 Å². The highest BCUT2D eigenvalue weighted by Gasteiger charge is 2.23. The molecule has 3 aromatic heterocycles. The lowest BCUT2D eigenvalue weighted by Crippen LogP contribution is -2.32. The Morgan fingerprint density at radius 1 is 1.54 bits per heavy atom. The van der Waals surface area contributed by atoms with Gasteiger partial charge in [0.05, 0.1) is 23.0 Å². The molecule has 0 aliphatic heterocycles. The number of esters is 1. The largest absolute Gasteiger partial charge is 0.464 e. The van der Waals surface area contributed by atoms with E-state index in [0.29, 0.717) is 12.1 Å². The van der Waals surface area contributed by atoms with Crippen molar-refractivity contribution in [2.24, 2.45) is 0 Å². The summed E-state index contributed by atoms with van der Waals surface area (Å²) in [5.41, 5.74) is 1.24. The third kappa shape index (κ3) is 2.45. The topological polar surface area (TPSA) is 66.1 Å². The van der Waals surface area contributed by atoms with Crippen LogP contribution in [0.25, 0.3) is 21.1 Å². The summed E-state index contributed by atoms with van der Waals surface area (Å²) < 4.78 is 9.16. The van der Waals surface area contributed by atoms with Crippen molar-refractivity contribution in [2.45, 2.75) is 33.4 Å². The van der Waals surface area contributed by atoms with Crippen LogP contribution in [0.15, 0.2) is 29.7 Å². The third-order valence-corrected chi connectivity index (χ3v) is 5.00. The summed E-state index contributed by atoms with van der Waals surface area (Å²) in [5, 5.41) is 5.02.